The Bertz CT molecular complexity index is 1060. The van der Waals surface area contributed by atoms with Crippen molar-refractivity contribution in [2.24, 2.45) is 0 Å². The fourth-order valence-electron chi connectivity index (χ4n) is 3.43. The van der Waals surface area contributed by atoms with Crippen molar-refractivity contribution in [3.05, 3.63) is 83.4 Å². The zero-order valence-electron chi connectivity index (χ0n) is 20.0. The molecule has 0 aliphatic heterocycles. The molecule has 0 aliphatic carbocycles. The highest BCUT2D eigenvalue weighted by Gasteiger charge is 2.24. The van der Waals surface area contributed by atoms with Gasteiger partial charge < -0.3 is 18.9 Å². The van der Waals surface area contributed by atoms with Crippen molar-refractivity contribution >= 4 is 17.6 Å². The van der Waals surface area contributed by atoms with Gasteiger partial charge >= 0.3 is 5.97 Å². The number of benzene rings is 3. The molecule has 0 heterocycles. The van der Waals surface area contributed by atoms with Gasteiger partial charge in [0, 0.05) is 22.9 Å². The molecule has 3 aromatic rings. The molecule has 0 saturated heterocycles. The van der Waals surface area contributed by atoms with Crippen LogP contribution in [0.25, 0.3) is 0 Å². The maximum absolute atomic E-state index is 11.7. The van der Waals surface area contributed by atoms with E-state index in [0.29, 0.717) is 41.7 Å². The number of esters is 1. The van der Waals surface area contributed by atoms with Gasteiger partial charge in [-0.2, -0.15) is 0 Å². The lowest BCUT2D eigenvalue weighted by molar-refractivity contribution is -0.141. The highest BCUT2D eigenvalue weighted by molar-refractivity contribution is 6.30. The number of hydrogen-bond donors (Lipinski definition) is 0. The van der Waals surface area contributed by atoms with E-state index in [9.17, 15) is 4.79 Å². The van der Waals surface area contributed by atoms with Crippen LogP contribution in [-0.4, -0.2) is 25.8 Å². The molecule has 0 aromatic heterocycles. The molecule has 0 saturated carbocycles. The van der Waals surface area contributed by atoms with Crippen LogP contribution in [0.5, 0.6) is 23.0 Å². The molecule has 0 fully saturated rings. The van der Waals surface area contributed by atoms with Gasteiger partial charge in [-0.15, -0.1) is 0 Å². The minimum atomic E-state index is -0.313. The van der Waals surface area contributed by atoms with Crippen molar-refractivity contribution < 1.29 is 23.7 Å². The summed E-state index contributed by atoms with van der Waals surface area (Å²) in [6.45, 7) is 6.52. The van der Waals surface area contributed by atoms with Gasteiger partial charge in [-0.3, -0.25) is 4.79 Å². The molecule has 0 N–H and O–H groups in total. The van der Waals surface area contributed by atoms with Crippen molar-refractivity contribution in [3.8, 4) is 23.0 Å². The lowest BCUT2D eigenvalue weighted by atomic mass is 9.81. The van der Waals surface area contributed by atoms with Gasteiger partial charge in [0.15, 0.2) is 11.5 Å². The average Bonchev–Trinajstić information content (AvgIpc) is 2.81. The zero-order valence-corrected chi connectivity index (χ0v) is 20.8. The van der Waals surface area contributed by atoms with E-state index in [0.717, 1.165) is 11.3 Å². The Labute approximate surface area is 206 Å². The van der Waals surface area contributed by atoms with Crippen LogP contribution >= 0.6 is 11.6 Å². The molecule has 6 heteroatoms. The van der Waals surface area contributed by atoms with Crippen LogP contribution < -0.4 is 14.2 Å². The molecule has 0 radical (unpaired) electrons. The summed E-state index contributed by atoms with van der Waals surface area (Å²) >= 11 is 6.16. The van der Waals surface area contributed by atoms with E-state index in [-0.39, 0.29) is 17.5 Å². The average molecular weight is 483 g/mol. The summed E-state index contributed by atoms with van der Waals surface area (Å²) in [6.07, 6.45) is 0.903. The monoisotopic (exact) mass is 482 g/mol. The number of halogens is 1. The van der Waals surface area contributed by atoms with Gasteiger partial charge in [0.05, 0.1) is 26.2 Å². The molecule has 5 nitrogen and oxygen atoms in total. The van der Waals surface area contributed by atoms with Crippen LogP contribution in [0, 0.1) is 0 Å². The first-order valence-corrected chi connectivity index (χ1v) is 11.6. The highest BCUT2D eigenvalue weighted by Crippen LogP contribution is 2.35. The predicted octanol–water partition coefficient (Wildman–Crippen LogP) is 7.21. The third kappa shape index (κ3) is 7.42. The van der Waals surface area contributed by atoms with Crippen LogP contribution in [0.1, 0.15) is 39.2 Å². The van der Waals surface area contributed by atoms with Gasteiger partial charge in [-0.1, -0.05) is 55.8 Å². The van der Waals surface area contributed by atoms with Gasteiger partial charge in [-0.05, 0) is 48.9 Å². The number of ether oxygens (including phenoxy) is 4. The van der Waals surface area contributed by atoms with Gasteiger partial charge in [0.2, 0.25) is 0 Å². The highest BCUT2D eigenvalue weighted by atomic mass is 35.5. The summed E-state index contributed by atoms with van der Waals surface area (Å²) in [7, 11) is 1.41. The predicted molar refractivity (Wildman–Crippen MR) is 134 cm³/mol. The summed E-state index contributed by atoms with van der Waals surface area (Å²) in [5.41, 5.74) is 0.738. The number of para-hydroxylation sites is 1. The normalized spacial score (nSPS) is 12.0. The van der Waals surface area contributed by atoms with Gasteiger partial charge in [0.1, 0.15) is 11.5 Å². The van der Waals surface area contributed by atoms with Crippen LogP contribution in [0.15, 0.2) is 72.8 Å². The minimum Gasteiger partial charge on any atom is -0.493 e. The van der Waals surface area contributed by atoms with Crippen molar-refractivity contribution in [1.29, 1.82) is 0 Å². The molecule has 34 heavy (non-hydrogen) atoms. The Morgan fingerprint density at radius 2 is 1.65 bits per heavy atom. The molecular weight excluding hydrogens is 452 g/mol. The number of methoxy groups -OCH3 is 1. The van der Waals surface area contributed by atoms with Crippen molar-refractivity contribution in [3.63, 3.8) is 0 Å². The first kappa shape index (κ1) is 25.4. The van der Waals surface area contributed by atoms with Gasteiger partial charge in [-0.25, -0.2) is 0 Å². The van der Waals surface area contributed by atoms with Crippen molar-refractivity contribution in [2.45, 2.75) is 45.1 Å². The number of rotatable bonds is 11. The summed E-state index contributed by atoms with van der Waals surface area (Å²) in [5, 5.41) is 0.576. The lowest BCUT2D eigenvalue weighted by Gasteiger charge is -2.24. The van der Waals surface area contributed by atoms with E-state index in [1.54, 1.807) is 12.1 Å². The Balaban J connectivity index is 1.53. The molecule has 0 bridgehead atoms. The van der Waals surface area contributed by atoms with E-state index >= 15 is 0 Å². The molecule has 0 unspecified atom stereocenters. The van der Waals surface area contributed by atoms with Crippen LogP contribution in [0.4, 0.5) is 0 Å². The molecule has 0 aliphatic rings. The van der Waals surface area contributed by atoms with Crippen LogP contribution in [-0.2, 0) is 14.9 Å². The smallest absolute Gasteiger partial charge is 0.306 e. The second-order valence-corrected chi connectivity index (χ2v) is 9.17. The lowest BCUT2D eigenvalue weighted by Crippen LogP contribution is -2.22. The summed E-state index contributed by atoms with van der Waals surface area (Å²) in [4.78, 5) is 11.7. The minimum absolute atomic E-state index is 0.0995. The first-order valence-electron chi connectivity index (χ1n) is 11.3. The third-order valence-electron chi connectivity index (χ3n) is 5.45. The number of hydrogen-bond acceptors (Lipinski definition) is 5. The second kappa shape index (κ2) is 11.8. The molecular formula is C28H31ClO5. The molecule has 3 aromatic carbocycles. The summed E-state index contributed by atoms with van der Waals surface area (Å²) in [6, 6.07) is 22.7. The van der Waals surface area contributed by atoms with Crippen molar-refractivity contribution in [1.82, 2.24) is 0 Å². The SMILES string of the molecule is COC(=O)CC(C)(C)c1ccc(OCC[C@@H](C)Oc2ccc(Cl)cc2Oc2ccccc2)cc1. The largest absolute Gasteiger partial charge is 0.493 e. The third-order valence-corrected chi connectivity index (χ3v) is 5.68. The van der Waals surface area contributed by atoms with Crippen molar-refractivity contribution in [2.75, 3.05) is 13.7 Å². The van der Waals surface area contributed by atoms with Crippen LogP contribution in [0.3, 0.4) is 0 Å². The number of carbonyl (C=O) groups is 1. The molecule has 0 spiro atoms. The van der Waals surface area contributed by atoms with E-state index in [1.807, 2.05) is 81.4 Å². The van der Waals surface area contributed by atoms with E-state index < -0.39 is 0 Å². The van der Waals surface area contributed by atoms with E-state index in [2.05, 4.69) is 0 Å². The Hall–Kier alpha value is -3.18. The molecule has 0 amide bonds. The Morgan fingerprint density at radius 1 is 0.941 bits per heavy atom. The Morgan fingerprint density at radius 3 is 2.32 bits per heavy atom. The van der Waals surface area contributed by atoms with E-state index in [1.165, 1.54) is 7.11 Å². The standard InChI is InChI=1S/C28H31ClO5/c1-20(33-25-15-12-22(29)18-26(25)34-24-8-6-5-7-9-24)16-17-32-23-13-10-21(11-14-23)28(2,3)19-27(30)31-4/h5-15,18,20H,16-17,19H2,1-4H3/t20-/m1/s1. The fraction of sp³-hybridized carbons (Fsp3) is 0.321. The zero-order chi connectivity index (χ0) is 24.6. The van der Waals surface area contributed by atoms with Crippen LogP contribution in [0.2, 0.25) is 5.02 Å². The maximum Gasteiger partial charge on any atom is 0.306 e. The summed E-state index contributed by atoms with van der Waals surface area (Å²) < 4.78 is 22.8. The molecule has 3 rings (SSSR count). The second-order valence-electron chi connectivity index (χ2n) is 8.73. The topological polar surface area (TPSA) is 54.0 Å². The van der Waals surface area contributed by atoms with Gasteiger partial charge in [0.25, 0.3) is 0 Å². The molecule has 180 valence electrons. The Kier molecular flexibility index (Phi) is 8.83. The summed E-state index contributed by atoms with van der Waals surface area (Å²) in [5.74, 6) is 2.44. The molecule has 1 atom stereocenters. The fourth-order valence-corrected chi connectivity index (χ4v) is 3.59. The number of carbonyl (C=O) groups excluding carboxylic acids is 1. The van der Waals surface area contributed by atoms with E-state index in [4.69, 9.17) is 30.5 Å². The quantitative estimate of drug-likeness (QED) is 0.270. The maximum atomic E-state index is 11.7. The first-order chi connectivity index (χ1) is 16.3.